The Hall–Kier alpha value is -3.12. The highest BCUT2D eigenvalue weighted by Gasteiger charge is 2.33. The van der Waals surface area contributed by atoms with Crippen LogP contribution in [0.3, 0.4) is 0 Å². The largest absolute Gasteiger partial charge is 0.462 e. The Morgan fingerprint density at radius 1 is 1.00 bits per heavy atom. The minimum absolute atomic E-state index is 0.330. The molecule has 1 amide bonds. The molecule has 1 atom stereocenters. The molecule has 0 bridgehead atoms. The molecule has 1 unspecified atom stereocenters. The lowest BCUT2D eigenvalue weighted by Crippen LogP contribution is -2.51. The van der Waals surface area contributed by atoms with E-state index in [0.717, 1.165) is 25.9 Å². The normalized spacial score (nSPS) is 19.1. The van der Waals surface area contributed by atoms with Gasteiger partial charge in [-0.05, 0) is 35.6 Å². The van der Waals surface area contributed by atoms with Crippen molar-refractivity contribution in [2.75, 3.05) is 33.3 Å². The Kier molecular flexibility index (Phi) is 4.79. The smallest absolute Gasteiger partial charge is 0.396 e. The summed E-state index contributed by atoms with van der Waals surface area (Å²) in [6.45, 7) is 2.62. The van der Waals surface area contributed by atoms with E-state index in [1.54, 1.807) is 4.90 Å². The van der Waals surface area contributed by atoms with E-state index in [-0.39, 0.29) is 0 Å². The summed E-state index contributed by atoms with van der Waals surface area (Å²) in [4.78, 5) is 31.3. The maximum atomic E-state index is 12.1. The van der Waals surface area contributed by atoms with E-state index < -0.39 is 11.9 Å². The molecule has 1 saturated heterocycles. The number of aromatic amines is 1. The molecular formula is C24H25N3O3. The number of ether oxygens (including phenoxy) is 1. The molecule has 154 valence electrons. The van der Waals surface area contributed by atoms with E-state index in [1.165, 1.54) is 40.4 Å². The predicted octanol–water partition coefficient (Wildman–Crippen LogP) is 3.14. The third-order valence-corrected chi connectivity index (χ3v) is 6.45. The van der Waals surface area contributed by atoms with Gasteiger partial charge in [0.05, 0.1) is 7.11 Å². The van der Waals surface area contributed by atoms with E-state index >= 15 is 0 Å². The third-order valence-electron chi connectivity index (χ3n) is 6.45. The zero-order valence-corrected chi connectivity index (χ0v) is 17.1. The van der Waals surface area contributed by atoms with Crippen LogP contribution in [0.5, 0.6) is 0 Å². The second-order valence-corrected chi connectivity index (χ2v) is 7.99. The van der Waals surface area contributed by atoms with Gasteiger partial charge < -0.3 is 14.6 Å². The van der Waals surface area contributed by atoms with Gasteiger partial charge in [0.25, 0.3) is 0 Å². The van der Waals surface area contributed by atoms with Crippen LogP contribution in [0.1, 0.15) is 23.6 Å². The summed E-state index contributed by atoms with van der Waals surface area (Å²) >= 11 is 0. The first-order valence-electron chi connectivity index (χ1n) is 10.5. The van der Waals surface area contributed by atoms with E-state index in [1.807, 2.05) is 6.07 Å². The molecule has 0 spiro atoms. The molecule has 1 N–H and O–H groups in total. The molecule has 3 aromatic rings. The minimum Gasteiger partial charge on any atom is -0.462 e. The predicted molar refractivity (Wildman–Crippen MR) is 115 cm³/mol. The highest BCUT2D eigenvalue weighted by molar-refractivity contribution is 6.32. The zero-order valence-electron chi connectivity index (χ0n) is 17.1. The standard InChI is InChI=1S/C24H25N3O3/c1-30-24(29)23(28)27-14-12-26(13-15-27)20-11-10-18-21-17(20)8-5-9-19(21)25-22(18)16-6-3-2-4-7-16/h2-9,20,25H,10-15H2,1H3. The van der Waals surface area contributed by atoms with Crippen LogP contribution in [0.4, 0.5) is 0 Å². The summed E-state index contributed by atoms with van der Waals surface area (Å²) < 4.78 is 4.58. The molecule has 5 rings (SSSR count). The quantitative estimate of drug-likeness (QED) is 0.527. The number of carbonyl (C=O) groups is 2. The van der Waals surface area contributed by atoms with Crippen LogP contribution in [-0.4, -0.2) is 59.9 Å². The van der Waals surface area contributed by atoms with Crippen LogP contribution in [0.15, 0.2) is 48.5 Å². The monoisotopic (exact) mass is 403 g/mol. The van der Waals surface area contributed by atoms with Gasteiger partial charge in [0.15, 0.2) is 0 Å². The van der Waals surface area contributed by atoms with Crippen molar-refractivity contribution < 1.29 is 14.3 Å². The first-order valence-corrected chi connectivity index (χ1v) is 10.5. The van der Waals surface area contributed by atoms with Crippen molar-refractivity contribution in [3.8, 4) is 11.3 Å². The molecule has 2 aliphatic rings. The van der Waals surface area contributed by atoms with Gasteiger partial charge in [-0.15, -0.1) is 0 Å². The molecule has 1 aliphatic heterocycles. The van der Waals surface area contributed by atoms with Crippen LogP contribution >= 0.6 is 0 Å². The van der Waals surface area contributed by atoms with Crippen molar-refractivity contribution in [1.82, 2.24) is 14.8 Å². The Morgan fingerprint density at radius 3 is 2.50 bits per heavy atom. The number of nitrogens with one attached hydrogen (secondary N) is 1. The summed E-state index contributed by atoms with van der Waals surface area (Å²) in [5.74, 6) is -1.32. The molecule has 0 radical (unpaired) electrons. The number of esters is 1. The first kappa shape index (κ1) is 18.9. The zero-order chi connectivity index (χ0) is 20.7. The average molecular weight is 403 g/mol. The Balaban J connectivity index is 1.42. The molecule has 6 heteroatoms. The van der Waals surface area contributed by atoms with Gasteiger partial charge in [-0.2, -0.15) is 0 Å². The van der Waals surface area contributed by atoms with Gasteiger partial charge in [-0.3, -0.25) is 9.69 Å². The van der Waals surface area contributed by atoms with Crippen molar-refractivity contribution in [3.05, 3.63) is 59.7 Å². The number of amides is 1. The summed E-state index contributed by atoms with van der Waals surface area (Å²) in [5, 5.41) is 1.35. The van der Waals surface area contributed by atoms with Crippen LogP contribution in [-0.2, 0) is 20.7 Å². The Morgan fingerprint density at radius 2 is 1.77 bits per heavy atom. The molecule has 1 aromatic heterocycles. The number of aromatic nitrogens is 1. The number of hydrogen-bond donors (Lipinski definition) is 1. The summed E-state index contributed by atoms with van der Waals surface area (Å²) in [5.41, 5.74) is 6.40. The SMILES string of the molecule is COC(=O)C(=O)N1CCN(C2CCc3c(-c4ccccc4)[nH]c4cccc2c34)CC1. The van der Waals surface area contributed by atoms with Crippen molar-refractivity contribution in [3.63, 3.8) is 0 Å². The highest BCUT2D eigenvalue weighted by atomic mass is 16.5. The van der Waals surface area contributed by atoms with E-state index in [4.69, 9.17) is 0 Å². The van der Waals surface area contributed by atoms with Crippen LogP contribution in [0.2, 0.25) is 0 Å². The molecular weight excluding hydrogens is 378 g/mol. The first-order chi connectivity index (χ1) is 14.7. The van der Waals surface area contributed by atoms with Gasteiger partial charge in [0.2, 0.25) is 0 Å². The Labute approximate surface area is 175 Å². The van der Waals surface area contributed by atoms with Gasteiger partial charge in [-0.25, -0.2) is 4.79 Å². The van der Waals surface area contributed by atoms with Crippen molar-refractivity contribution in [1.29, 1.82) is 0 Å². The number of aryl methyl sites for hydroxylation is 1. The number of piperazine rings is 1. The second kappa shape index (κ2) is 7.61. The van der Waals surface area contributed by atoms with Crippen LogP contribution < -0.4 is 0 Å². The summed E-state index contributed by atoms with van der Waals surface area (Å²) in [6.07, 6.45) is 2.07. The molecule has 30 heavy (non-hydrogen) atoms. The molecule has 2 aromatic carbocycles. The fourth-order valence-electron chi connectivity index (χ4n) is 4.99. The number of nitrogens with zero attached hydrogens (tertiary/aromatic N) is 2. The fraction of sp³-hybridized carbons (Fsp3) is 0.333. The maximum absolute atomic E-state index is 12.1. The van der Waals surface area contributed by atoms with E-state index in [2.05, 4.69) is 57.1 Å². The number of rotatable bonds is 2. The molecule has 1 aliphatic carbocycles. The Bertz CT molecular complexity index is 1100. The van der Waals surface area contributed by atoms with Gasteiger partial charge in [0, 0.05) is 48.8 Å². The minimum atomic E-state index is -0.781. The number of H-pyrrole nitrogens is 1. The summed E-state index contributed by atoms with van der Waals surface area (Å²) in [6, 6.07) is 17.4. The number of methoxy groups -OCH3 is 1. The van der Waals surface area contributed by atoms with Crippen molar-refractivity contribution in [2.45, 2.75) is 18.9 Å². The molecule has 0 saturated carbocycles. The number of benzene rings is 2. The highest BCUT2D eigenvalue weighted by Crippen LogP contribution is 2.42. The average Bonchev–Trinajstić information content (AvgIpc) is 3.19. The van der Waals surface area contributed by atoms with E-state index in [9.17, 15) is 9.59 Å². The third kappa shape index (κ3) is 3.08. The van der Waals surface area contributed by atoms with Crippen LogP contribution in [0.25, 0.3) is 22.2 Å². The number of carbonyl (C=O) groups excluding carboxylic acids is 2. The molecule has 1 fully saturated rings. The fourth-order valence-corrected chi connectivity index (χ4v) is 4.99. The topological polar surface area (TPSA) is 65.6 Å². The van der Waals surface area contributed by atoms with Crippen molar-refractivity contribution in [2.24, 2.45) is 0 Å². The number of hydrogen-bond acceptors (Lipinski definition) is 4. The van der Waals surface area contributed by atoms with Gasteiger partial charge >= 0.3 is 11.9 Å². The van der Waals surface area contributed by atoms with E-state index in [0.29, 0.717) is 19.1 Å². The lowest BCUT2D eigenvalue weighted by molar-refractivity contribution is -0.159. The molecule has 6 nitrogen and oxygen atoms in total. The van der Waals surface area contributed by atoms with Gasteiger partial charge in [0.1, 0.15) is 0 Å². The van der Waals surface area contributed by atoms with Crippen molar-refractivity contribution >= 4 is 22.8 Å². The summed E-state index contributed by atoms with van der Waals surface area (Å²) in [7, 11) is 1.25. The lowest BCUT2D eigenvalue weighted by Gasteiger charge is -2.40. The van der Waals surface area contributed by atoms with Crippen LogP contribution in [0, 0.1) is 0 Å². The lowest BCUT2D eigenvalue weighted by atomic mass is 9.85. The second-order valence-electron chi connectivity index (χ2n) is 7.99. The molecule has 2 heterocycles. The van der Waals surface area contributed by atoms with Gasteiger partial charge in [-0.1, -0.05) is 42.5 Å². The maximum Gasteiger partial charge on any atom is 0.396 e.